The van der Waals surface area contributed by atoms with Crippen molar-refractivity contribution >= 4 is 28.3 Å². The topological polar surface area (TPSA) is 59.8 Å². The quantitative estimate of drug-likeness (QED) is 0.815. The Morgan fingerprint density at radius 3 is 2.71 bits per heavy atom. The molecule has 0 bridgehead atoms. The summed E-state index contributed by atoms with van der Waals surface area (Å²) in [7, 11) is -1.13. The van der Waals surface area contributed by atoms with Gasteiger partial charge in [-0.05, 0) is 29.8 Å². The van der Waals surface area contributed by atoms with Crippen LogP contribution in [0, 0.1) is 0 Å². The molecular formula is C17H18ClNO4S. The summed E-state index contributed by atoms with van der Waals surface area (Å²) in [6, 6.07) is 10.7. The molecule has 0 radical (unpaired) electrons. The van der Waals surface area contributed by atoms with Gasteiger partial charge in [-0.1, -0.05) is 23.7 Å². The number of ether oxygens (including phenoxy) is 1. The SMILES string of the molecule is O=C(c1ccc(C[S@](=O)Cc2cccc(Cl)c2)o1)N1CCOCC1. The molecule has 24 heavy (non-hydrogen) atoms. The van der Waals surface area contributed by atoms with Gasteiger partial charge in [-0.2, -0.15) is 0 Å². The van der Waals surface area contributed by atoms with Crippen LogP contribution in [0.2, 0.25) is 5.02 Å². The van der Waals surface area contributed by atoms with Gasteiger partial charge in [0.25, 0.3) is 5.91 Å². The third-order valence-electron chi connectivity index (χ3n) is 3.69. The molecule has 3 rings (SSSR count). The Morgan fingerprint density at radius 1 is 1.17 bits per heavy atom. The Morgan fingerprint density at radius 2 is 1.96 bits per heavy atom. The summed E-state index contributed by atoms with van der Waals surface area (Å²) < 4.78 is 23.1. The number of carbonyl (C=O) groups is 1. The van der Waals surface area contributed by atoms with Gasteiger partial charge in [-0.3, -0.25) is 9.00 Å². The molecule has 0 spiro atoms. The van der Waals surface area contributed by atoms with Crippen molar-refractivity contribution in [2.24, 2.45) is 0 Å². The number of amides is 1. The highest BCUT2D eigenvalue weighted by molar-refractivity contribution is 7.83. The van der Waals surface area contributed by atoms with Crippen molar-refractivity contribution < 1.29 is 18.2 Å². The molecule has 1 atom stereocenters. The summed E-state index contributed by atoms with van der Waals surface area (Å²) in [5.41, 5.74) is 0.914. The highest BCUT2D eigenvalue weighted by Gasteiger charge is 2.21. The van der Waals surface area contributed by atoms with Gasteiger partial charge in [-0.15, -0.1) is 0 Å². The predicted molar refractivity (Wildman–Crippen MR) is 92.4 cm³/mol. The molecule has 0 unspecified atom stereocenters. The molecule has 128 valence electrons. The van der Waals surface area contributed by atoms with Gasteiger partial charge in [-0.25, -0.2) is 0 Å². The van der Waals surface area contributed by atoms with E-state index in [0.717, 1.165) is 5.56 Å². The van der Waals surface area contributed by atoms with E-state index in [1.54, 1.807) is 29.2 Å². The molecule has 1 aliphatic rings. The Bertz CT molecular complexity index is 740. The molecule has 7 heteroatoms. The van der Waals surface area contributed by atoms with Crippen molar-refractivity contribution in [3.05, 3.63) is 58.5 Å². The molecule has 1 amide bonds. The van der Waals surface area contributed by atoms with E-state index in [-0.39, 0.29) is 17.4 Å². The van der Waals surface area contributed by atoms with Crippen LogP contribution in [0.4, 0.5) is 0 Å². The second-order valence-corrected chi connectivity index (χ2v) is 7.42. The van der Waals surface area contributed by atoms with E-state index in [4.69, 9.17) is 20.8 Å². The van der Waals surface area contributed by atoms with Crippen molar-refractivity contribution in [1.82, 2.24) is 4.90 Å². The van der Waals surface area contributed by atoms with E-state index in [1.165, 1.54) is 0 Å². The lowest BCUT2D eigenvalue weighted by Gasteiger charge is -2.25. The summed E-state index contributed by atoms with van der Waals surface area (Å²) in [4.78, 5) is 14.0. The van der Waals surface area contributed by atoms with Crippen molar-refractivity contribution in [2.75, 3.05) is 26.3 Å². The molecule has 0 N–H and O–H groups in total. The molecule has 1 aromatic heterocycles. The standard InChI is InChI=1S/C17H18ClNO4S/c18-14-3-1-2-13(10-14)11-24(21)12-15-4-5-16(23-15)17(20)19-6-8-22-9-7-19/h1-5,10H,6-9,11-12H2/t24-/m1/s1. The maximum Gasteiger partial charge on any atom is 0.289 e. The van der Waals surface area contributed by atoms with Crippen LogP contribution in [-0.2, 0) is 27.0 Å². The number of nitrogens with zero attached hydrogens (tertiary/aromatic N) is 1. The number of hydrogen-bond donors (Lipinski definition) is 0. The second-order valence-electron chi connectivity index (χ2n) is 5.53. The molecule has 0 aliphatic carbocycles. The minimum absolute atomic E-state index is 0.148. The Hall–Kier alpha value is -1.63. The Balaban J connectivity index is 1.59. The summed E-state index contributed by atoms with van der Waals surface area (Å²) in [5.74, 6) is 1.35. The summed E-state index contributed by atoms with van der Waals surface area (Å²) in [6.45, 7) is 2.22. The summed E-state index contributed by atoms with van der Waals surface area (Å²) >= 11 is 5.93. The van der Waals surface area contributed by atoms with E-state index in [1.807, 2.05) is 12.1 Å². The van der Waals surface area contributed by atoms with Crippen molar-refractivity contribution in [1.29, 1.82) is 0 Å². The van der Waals surface area contributed by atoms with E-state index in [0.29, 0.717) is 42.8 Å². The highest BCUT2D eigenvalue weighted by Crippen LogP contribution is 2.17. The zero-order chi connectivity index (χ0) is 16.9. The van der Waals surface area contributed by atoms with Gasteiger partial charge < -0.3 is 14.1 Å². The normalized spacial score (nSPS) is 16.1. The van der Waals surface area contributed by atoms with Crippen LogP contribution in [-0.4, -0.2) is 41.3 Å². The van der Waals surface area contributed by atoms with E-state index >= 15 is 0 Å². The van der Waals surface area contributed by atoms with Crippen LogP contribution < -0.4 is 0 Å². The zero-order valence-corrected chi connectivity index (χ0v) is 14.6. The molecule has 2 heterocycles. The van der Waals surface area contributed by atoms with Crippen LogP contribution in [0.25, 0.3) is 0 Å². The van der Waals surface area contributed by atoms with Crippen molar-refractivity contribution in [3.8, 4) is 0 Å². The molecular weight excluding hydrogens is 350 g/mol. The van der Waals surface area contributed by atoms with Gasteiger partial charge >= 0.3 is 0 Å². The Kier molecular flexibility index (Phi) is 5.71. The summed E-state index contributed by atoms with van der Waals surface area (Å²) in [5, 5.41) is 0.626. The maximum atomic E-state index is 12.3. The average Bonchev–Trinajstić information content (AvgIpc) is 3.03. The summed E-state index contributed by atoms with van der Waals surface area (Å²) in [6.07, 6.45) is 0. The lowest BCUT2D eigenvalue weighted by Crippen LogP contribution is -2.40. The fourth-order valence-electron chi connectivity index (χ4n) is 2.52. The van der Waals surface area contributed by atoms with Gasteiger partial charge in [0, 0.05) is 34.7 Å². The van der Waals surface area contributed by atoms with Crippen molar-refractivity contribution in [2.45, 2.75) is 11.5 Å². The zero-order valence-electron chi connectivity index (χ0n) is 13.1. The molecule has 1 saturated heterocycles. The largest absolute Gasteiger partial charge is 0.455 e. The lowest BCUT2D eigenvalue weighted by molar-refractivity contribution is 0.0282. The van der Waals surface area contributed by atoms with Gasteiger partial charge in [0.15, 0.2) is 5.76 Å². The number of hydrogen-bond acceptors (Lipinski definition) is 4. The lowest BCUT2D eigenvalue weighted by atomic mass is 10.2. The van der Waals surface area contributed by atoms with E-state index < -0.39 is 10.8 Å². The van der Waals surface area contributed by atoms with Crippen LogP contribution in [0.1, 0.15) is 21.9 Å². The monoisotopic (exact) mass is 367 g/mol. The highest BCUT2D eigenvalue weighted by atomic mass is 35.5. The number of halogens is 1. The molecule has 1 aliphatic heterocycles. The minimum Gasteiger partial charge on any atom is -0.455 e. The number of furan rings is 1. The van der Waals surface area contributed by atoms with Gasteiger partial charge in [0.2, 0.25) is 0 Å². The first-order valence-electron chi connectivity index (χ1n) is 7.67. The predicted octanol–water partition coefficient (Wildman–Crippen LogP) is 2.85. The van der Waals surface area contributed by atoms with Crippen LogP contribution in [0.3, 0.4) is 0 Å². The van der Waals surface area contributed by atoms with Gasteiger partial charge in [0.05, 0.1) is 19.0 Å². The molecule has 0 saturated carbocycles. The number of rotatable bonds is 5. The minimum atomic E-state index is -1.13. The molecule has 5 nitrogen and oxygen atoms in total. The van der Waals surface area contributed by atoms with Crippen LogP contribution in [0.15, 0.2) is 40.8 Å². The Labute approximate surface area is 148 Å². The first-order valence-corrected chi connectivity index (χ1v) is 9.53. The van der Waals surface area contributed by atoms with E-state index in [9.17, 15) is 9.00 Å². The molecule has 1 fully saturated rings. The molecule has 1 aromatic carbocycles. The fraction of sp³-hybridized carbons (Fsp3) is 0.353. The van der Waals surface area contributed by atoms with Crippen LogP contribution >= 0.6 is 11.6 Å². The first-order chi connectivity index (χ1) is 11.6. The third-order valence-corrected chi connectivity index (χ3v) is 5.19. The second kappa shape index (κ2) is 7.96. The van der Waals surface area contributed by atoms with Crippen LogP contribution in [0.5, 0.6) is 0 Å². The number of carbonyl (C=O) groups excluding carboxylic acids is 1. The molecule has 2 aromatic rings. The average molecular weight is 368 g/mol. The number of benzene rings is 1. The van der Waals surface area contributed by atoms with E-state index in [2.05, 4.69) is 0 Å². The number of morpholine rings is 1. The third kappa shape index (κ3) is 4.47. The van der Waals surface area contributed by atoms with Gasteiger partial charge in [0.1, 0.15) is 5.76 Å². The maximum absolute atomic E-state index is 12.3. The first kappa shape index (κ1) is 17.2. The fourth-order valence-corrected chi connectivity index (χ4v) is 3.85. The van der Waals surface area contributed by atoms with Crippen molar-refractivity contribution in [3.63, 3.8) is 0 Å². The smallest absolute Gasteiger partial charge is 0.289 e.